The van der Waals surface area contributed by atoms with Crippen molar-refractivity contribution in [2.24, 2.45) is 0 Å². The first-order chi connectivity index (χ1) is 15.3. The van der Waals surface area contributed by atoms with E-state index in [1.807, 2.05) is 91.0 Å². The first-order valence-corrected chi connectivity index (χ1v) is 10.5. The van der Waals surface area contributed by atoms with Gasteiger partial charge in [-0.25, -0.2) is 0 Å². The molecule has 160 valence electrons. The van der Waals surface area contributed by atoms with Crippen molar-refractivity contribution in [3.63, 3.8) is 0 Å². The average molecular weight is 419 g/mol. The predicted octanol–water partition coefficient (Wildman–Crippen LogP) is 4.23. The van der Waals surface area contributed by atoms with Gasteiger partial charge < -0.3 is 14.2 Å². The lowest BCUT2D eigenvalue weighted by Crippen LogP contribution is -2.52. The molecule has 31 heavy (non-hydrogen) atoms. The fourth-order valence-corrected chi connectivity index (χ4v) is 3.61. The molecular formula is C26H28NO4+. The van der Waals surface area contributed by atoms with Gasteiger partial charge in [-0.3, -0.25) is 5.21 Å². The maximum atomic E-state index is 10.3. The summed E-state index contributed by atoms with van der Waals surface area (Å²) in [6.07, 6.45) is 0.528. The van der Waals surface area contributed by atoms with Gasteiger partial charge in [0.1, 0.15) is 6.10 Å². The largest absolute Gasteiger partial charge is 0.367 e. The van der Waals surface area contributed by atoms with Crippen LogP contribution in [0.2, 0.25) is 0 Å². The molecular weight excluding hydrogens is 390 g/mol. The second-order valence-corrected chi connectivity index (χ2v) is 7.63. The Morgan fingerprint density at radius 1 is 0.645 bits per heavy atom. The molecule has 1 N–H and O–H groups in total. The minimum Gasteiger partial charge on any atom is -0.367 e. The third-order valence-electron chi connectivity index (χ3n) is 5.25. The van der Waals surface area contributed by atoms with Gasteiger partial charge in [0, 0.05) is 0 Å². The first-order valence-electron chi connectivity index (χ1n) is 10.5. The molecule has 4 rings (SSSR count). The lowest BCUT2D eigenvalue weighted by molar-refractivity contribution is -0.780. The van der Waals surface area contributed by atoms with E-state index in [-0.39, 0.29) is 12.2 Å². The van der Waals surface area contributed by atoms with Crippen LogP contribution in [0.3, 0.4) is 0 Å². The normalized spacial score (nSPS) is 20.9. The SMILES string of the molecule is O[N+]1=C[C@@H](OCc2ccccc2)[C@H](OCc2ccccc2)[C@H](OCc2ccccc2)C1. The Hall–Kier alpha value is -2.99. The average Bonchev–Trinajstić information content (AvgIpc) is 2.82. The number of nitrogens with zero attached hydrogens (tertiary/aromatic N) is 1. The fourth-order valence-electron chi connectivity index (χ4n) is 3.61. The number of ether oxygens (including phenoxy) is 3. The van der Waals surface area contributed by atoms with Crippen molar-refractivity contribution >= 4 is 6.21 Å². The molecule has 0 bridgehead atoms. The van der Waals surface area contributed by atoms with Crippen molar-refractivity contribution in [3.05, 3.63) is 108 Å². The maximum absolute atomic E-state index is 10.3. The Bertz CT molecular complexity index is 947. The van der Waals surface area contributed by atoms with Crippen LogP contribution < -0.4 is 0 Å². The number of hydrogen-bond donors (Lipinski definition) is 1. The van der Waals surface area contributed by atoms with E-state index in [9.17, 15) is 5.21 Å². The molecule has 1 heterocycles. The first kappa shape index (κ1) is 21.2. The third kappa shape index (κ3) is 6.25. The van der Waals surface area contributed by atoms with Gasteiger partial charge in [0.2, 0.25) is 12.8 Å². The van der Waals surface area contributed by atoms with Crippen molar-refractivity contribution < 1.29 is 24.2 Å². The van der Waals surface area contributed by atoms with E-state index < -0.39 is 6.10 Å². The van der Waals surface area contributed by atoms with Crippen molar-refractivity contribution in [1.29, 1.82) is 0 Å². The zero-order valence-corrected chi connectivity index (χ0v) is 17.4. The van der Waals surface area contributed by atoms with E-state index in [4.69, 9.17) is 14.2 Å². The smallest absolute Gasteiger partial charge is 0.224 e. The summed E-state index contributed by atoms with van der Waals surface area (Å²) in [6.45, 7) is 1.63. The van der Waals surface area contributed by atoms with Gasteiger partial charge in [-0.1, -0.05) is 91.0 Å². The predicted molar refractivity (Wildman–Crippen MR) is 118 cm³/mol. The zero-order valence-electron chi connectivity index (χ0n) is 17.4. The van der Waals surface area contributed by atoms with Gasteiger partial charge in [0.25, 0.3) is 0 Å². The zero-order chi connectivity index (χ0) is 21.3. The van der Waals surface area contributed by atoms with Gasteiger partial charge in [0.05, 0.1) is 19.8 Å². The molecule has 0 aromatic heterocycles. The van der Waals surface area contributed by atoms with Gasteiger partial charge in [-0.05, 0) is 21.4 Å². The molecule has 0 saturated carbocycles. The van der Waals surface area contributed by atoms with Crippen molar-refractivity contribution in [1.82, 2.24) is 0 Å². The van der Waals surface area contributed by atoms with E-state index in [0.717, 1.165) is 21.4 Å². The van der Waals surface area contributed by atoms with Gasteiger partial charge >= 0.3 is 0 Å². The molecule has 0 spiro atoms. The quantitative estimate of drug-likeness (QED) is 0.417. The minimum atomic E-state index is -0.441. The van der Waals surface area contributed by atoms with Crippen LogP contribution >= 0.6 is 0 Å². The molecule has 0 fully saturated rings. The molecule has 0 radical (unpaired) electrons. The maximum Gasteiger partial charge on any atom is 0.224 e. The van der Waals surface area contributed by atoms with E-state index >= 15 is 0 Å². The number of hydroxylamine groups is 1. The third-order valence-corrected chi connectivity index (χ3v) is 5.25. The minimum absolute atomic E-state index is 0.317. The molecule has 0 amide bonds. The van der Waals surface area contributed by atoms with Crippen LogP contribution in [0, 0.1) is 0 Å². The van der Waals surface area contributed by atoms with Crippen LogP contribution in [0.15, 0.2) is 91.0 Å². The summed E-state index contributed by atoms with van der Waals surface area (Å²) in [4.78, 5) is 0. The van der Waals surface area contributed by atoms with E-state index in [0.29, 0.717) is 26.4 Å². The number of benzene rings is 3. The molecule has 1 aliphatic rings. The summed E-state index contributed by atoms with van der Waals surface area (Å²) in [5.74, 6) is 0. The Kier molecular flexibility index (Phi) is 7.45. The molecule has 3 aromatic carbocycles. The summed E-state index contributed by atoms with van der Waals surface area (Å²) >= 11 is 0. The van der Waals surface area contributed by atoms with Crippen LogP contribution in [0.4, 0.5) is 0 Å². The molecule has 0 unspecified atom stereocenters. The molecule has 5 nitrogen and oxygen atoms in total. The summed E-state index contributed by atoms with van der Waals surface area (Å²) < 4.78 is 19.8. The molecule has 5 heteroatoms. The topological polar surface area (TPSA) is 50.9 Å². The molecule has 1 aliphatic heterocycles. The monoisotopic (exact) mass is 418 g/mol. The highest BCUT2D eigenvalue weighted by atomic mass is 16.6. The van der Waals surface area contributed by atoms with E-state index in [1.54, 1.807) is 6.21 Å². The van der Waals surface area contributed by atoms with Crippen molar-refractivity contribution in [2.45, 2.75) is 38.1 Å². The number of rotatable bonds is 9. The summed E-state index contributed by atoms with van der Waals surface area (Å²) in [5.41, 5.74) is 3.22. The highest BCUT2D eigenvalue weighted by molar-refractivity contribution is 5.59. The lowest BCUT2D eigenvalue weighted by Gasteiger charge is -2.31. The van der Waals surface area contributed by atoms with Gasteiger partial charge in [-0.15, -0.1) is 0 Å². The van der Waals surface area contributed by atoms with Crippen molar-refractivity contribution in [2.75, 3.05) is 6.54 Å². The molecule has 0 saturated heterocycles. The number of hydrogen-bond acceptors (Lipinski definition) is 4. The molecule has 3 atom stereocenters. The Morgan fingerprint density at radius 3 is 1.61 bits per heavy atom. The molecule has 0 aliphatic carbocycles. The van der Waals surface area contributed by atoms with E-state index in [1.165, 1.54) is 0 Å². The fraction of sp³-hybridized carbons (Fsp3) is 0.269. The molecule has 3 aromatic rings. The highest BCUT2D eigenvalue weighted by Crippen LogP contribution is 2.20. The van der Waals surface area contributed by atoms with Gasteiger partial charge in [0.15, 0.2) is 12.2 Å². The van der Waals surface area contributed by atoms with Crippen molar-refractivity contribution in [3.8, 4) is 0 Å². The summed E-state index contributed by atoms with van der Waals surface area (Å²) in [5, 5.41) is 10.3. The van der Waals surface area contributed by atoms with Crippen LogP contribution in [0.5, 0.6) is 0 Å². The second-order valence-electron chi connectivity index (χ2n) is 7.63. The highest BCUT2D eigenvalue weighted by Gasteiger charge is 2.41. The standard InChI is InChI=1S/C26H28NO4/c28-27-16-24(29-18-21-10-4-1-5-11-21)26(31-20-23-14-8-3-9-15-23)25(17-27)30-19-22-12-6-2-7-13-22/h1-16,24-26,28H,17-20H2/q+1/t24-,25-,26+/m1/s1. The van der Waals surface area contributed by atoms with Crippen LogP contribution in [-0.4, -0.2) is 41.0 Å². The van der Waals surface area contributed by atoms with Crippen LogP contribution in [-0.2, 0) is 34.0 Å². The van der Waals surface area contributed by atoms with Crippen LogP contribution in [0.25, 0.3) is 0 Å². The van der Waals surface area contributed by atoms with Crippen LogP contribution in [0.1, 0.15) is 16.7 Å². The van der Waals surface area contributed by atoms with E-state index in [2.05, 4.69) is 0 Å². The Balaban J connectivity index is 1.47. The lowest BCUT2D eigenvalue weighted by atomic mass is 10.0. The Morgan fingerprint density at radius 2 is 1.10 bits per heavy atom. The summed E-state index contributed by atoms with van der Waals surface area (Å²) in [6, 6.07) is 30.0. The Labute approximate surface area is 183 Å². The van der Waals surface area contributed by atoms with Gasteiger partial charge in [-0.2, -0.15) is 0 Å². The second kappa shape index (κ2) is 10.9. The summed E-state index contributed by atoms with van der Waals surface area (Å²) in [7, 11) is 0.